The maximum Gasteiger partial charge on any atom is 0.275 e. The lowest BCUT2D eigenvalue weighted by atomic mass is 9.84. The molecule has 2 fully saturated rings. The van der Waals surface area contributed by atoms with Gasteiger partial charge in [-0.25, -0.2) is 0 Å². The third-order valence-electron chi connectivity index (χ3n) is 7.32. The topological polar surface area (TPSA) is 101 Å². The van der Waals surface area contributed by atoms with Crippen LogP contribution in [0.1, 0.15) is 81.6 Å². The monoisotopic (exact) mass is 439 g/mol. The number of carbonyl (C=O) groups excluding carboxylic acids is 1. The second-order valence-corrected chi connectivity index (χ2v) is 9.60. The summed E-state index contributed by atoms with van der Waals surface area (Å²) in [5.74, 6) is 2.09. The Kier molecular flexibility index (Phi) is 6.39. The van der Waals surface area contributed by atoms with Crippen molar-refractivity contribution in [2.24, 2.45) is 11.8 Å². The van der Waals surface area contributed by atoms with Gasteiger partial charge in [0, 0.05) is 24.2 Å². The van der Waals surface area contributed by atoms with Crippen molar-refractivity contribution < 1.29 is 9.53 Å². The van der Waals surface area contributed by atoms with E-state index < -0.39 is 0 Å². The van der Waals surface area contributed by atoms with E-state index in [9.17, 15) is 9.59 Å². The molecule has 1 amide bonds. The number of hydrogen-bond donors (Lipinski definition) is 2. The number of aromatic nitrogens is 4. The number of H-pyrrole nitrogens is 1. The molecule has 8 nitrogen and oxygen atoms in total. The van der Waals surface area contributed by atoms with Crippen molar-refractivity contribution in [1.29, 1.82) is 0 Å². The summed E-state index contributed by atoms with van der Waals surface area (Å²) in [6.45, 7) is 1.05. The van der Waals surface area contributed by atoms with Crippen LogP contribution in [0.5, 0.6) is 0 Å². The molecule has 0 aromatic carbocycles. The number of fused-ring (bicyclic) bond motifs is 1. The fraction of sp³-hybridized carbons (Fsp3) is 0.667. The van der Waals surface area contributed by atoms with Crippen molar-refractivity contribution in [3.05, 3.63) is 40.1 Å². The number of allylic oxidation sites excluding steroid dienone is 2. The van der Waals surface area contributed by atoms with E-state index in [0.717, 1.165) is 57.3 Å². The van der Waals surface area contributed by atoms with E-state index in [1.165, 1.54) is 29.8 Å². The zero-order chi connectivity index (χ0) is 21.9. The van der Waals surface area contributed by atoms with Gasteiger partial charge in [-0.3, -0.25) is 9.59 Å². The van der Waals surface area contributed by atoms with Gasteiger partial charge in [0.1, 0.15) is 0 Å². The first-order chi connectivity index (χ1) is 15.7. The number of nitrogens with zero attached hydrogens (tertiary/aromatic N) is 3. The molecule has 0 spiro atoms. The minimum absolute atomic E-state index is 0.113. The molecule has 0 saturated heterocycles. The van der Waals surface area contributed by atoms with Gasteiger partial charge in [-0.05, 0) is 50.9 Å². The molecule has 172 valence electrons. The Morgan fingerprint density at radius 2 is 2.03 bits per heavy atom. The Morgan fingerprint density at radius 3 is 2.81 bits per heavy atom. The number of amides is 1. The number of carbonyl (C=O) groups is 1. The van der Waals surface area contributed by atoms with Crippen LogP contribution in [0, 0.1) is 11.8 Å². The van der Waals surface area contributed by atoms with Gasteiger partial charge in [-0.1, -0.05) is 31.4 Å². The van der Waals surface area contributed by atoms with Crippen molar-refractivity contribution >= 4 is 11.7 Å². The molecule has 3 atom stereocenters. The van der Waals surface area contributed by atoms with E-state index in [-0.39, 0.29) is 36.0 Å². The van der Waals surface area contributed by atoms with Crippen molar-refractivity contribution in [3.63, 3.8) is 0 Å². The molecule has 2 saturated carbocycles. The maximum atomic E-state index is 12.8. The van der Waals surface area contributed by atoms with Gasteiger partial charge in [0.2, 0.25) is 11.7 Å². The summed E-state index contributed by atoms with van der Waals surface area (Å²) < 4.78 is 7.52. The minimum atomic E-state index is -0.208. The van der Waals surface area contributed by atoms with Gasteiger partial charge in [0.15, 0.2) is 5.82 Å². The van der Waals surface area contributed by atoms with E-state index >= 15 is 0 Å². The molecule has 0 aliphatic heterocycles. The van der Waals surface area contributed by atoms with Gasteiger partial charge in [-0.2, -0.15) is 9.50 Å². The largest absolute Gasteiger partial charge is 0.371 e. The zero-order valence-corrected chi connectivity index (χ0v) is 18.6. The molecule has 2 aromatic heterocycles. The second kappa shape index (κ2) is 9.57. The first-order valence-electron chi connectivity index (χ1n) is 12.2. The molecular formula is C24H33N5O3. The highest BCUT2D eigenvalue weighted by atomic mass is 16.5. The molecule has 0 bridgehead atoms. The van der Waals surface area contributed by atoms with Gasteiger partial charge in [0.25, 0.3) is 5.56 Å². The molecule has 3 aliphatic carbocycles. The lowest BCUT2D eigenvalue weighted by Gasteiger charge is -2.32. The first-order valence-corrected chi connectivity index (χ1v) is 12.2. The molecule has 0 radical (unpaired) electrons. The van der Waals surface area contributed by atoms with Crippen LogP contribution < -0.4 is 10.9 Å². The Hall–Kier alpha value is -2.48. The highest BCUT2D eigenvalue weighted by molar-refractivity contribution is 5.79. The second-order valence-electron chi connectivity index (χ2n) is 9.60. The van der Waals surface area contributed by atoms with Gasteiger partial charge in [-0.15, -0.1) is 5.10 Å². The lowest BCUT2D eigenvalue weighted by Crippen LogP contribution is -2.43. The smallest absolute Gasteiger partial charge is 0.275 e. The van der Waals surface area contributed by atoms with Crippen LogP contribution in [0.25, 0.3) is 5.78 Å². The normalized spacial score (nSPS) is 26.2. The zero-order valence-electron chi connectivity index (χ0n) is 18.6. The summed E-state index contributed by atoms with van der Waals surface area (Å²) in [5, 5.41) is 7.59. The first kappa shape index (κ1) is 21.4. The van der Waals surface area contributed by atoms with Crippen LogP contribution in [0.4, 0.5) is 0 Å². The van der Waals surface area contributed by atoms with Gasteiger partial charge < -0.3 is 15.0 Å². The SMILES string of the molecule is O=C(NCC1CCC1)C1CCCCC1OCc1cc(=O)n2nc(C3CC=CCC3)nc2[nH]1. The minimum Gasteiger partial charge on any atom is -0.371 e. The molecular weight excluding hydrogens is 406 g/mol. The number of nitrogens with one attached hydrogen (secondary N) is 2. The summed E-state index contributed by atoms with van der Waals surface area (Å²) in [6.07, 6.45) is 14.7. The Bertz CT molecular complexity index is 1040. The highest BCUT2D eigenvalue weighted by Crippen LogP contribution is 2.29. The Morgan fingerprint density at radius 1 is 1.16 bits per heavy atom. The third kappa shape index (κ3) is 4.65. The van der Waals surface area contributed by atoms with Gasteiger partial charge in [0.05, 0.1) is 18.6 Å². The molecule has 2 aromatic rings. The van der Waals surface area contributed by atoms with Crippen molar-refractivity contribution in [2.75, 3.05) is 6.54 Å². The van der Waals surface area contributed by atoms with E-state index in [0.29, 0.717) is 17.4 Å². The fourth-order valence-electron chi connectivity index (χ4n) is 5.10. The van der Waals surface area contributed by atoms with Crippen molar-refractivity contribution in [3.8, 4) is 0 Å². The van der Waals surface area contributed by atoms with Crippen LogP contribution >= 0.6 is 0 Å². The number of rotatable bonds is 7. The summed E-state index contributed by atoms with van der Waals surface area (Å²) in [7, 11) is 0. The van der Waals surface area contributed by atoms with Crippen LogP contribution in [0.2, 0.25) is 0 Å². The van der Waals surface area contributed by atoms with Crippen LogP contribution in [0.3, 0.4) is 0 Å². The van der Waals surface area contributed by atoms with E-state index in [2.05, 4.69) is 32.5 Å². The van der Waals surface area contributed by atoms with E-state index in [4.69, 9.17) is 4.74 Å². The summed E-state index contributed by atoms with van der Waals surface area (Å²) in [5.41, 5.74) is 0.463. The molecule has 3 unspecified atom stereocenters. The Labute approximate surface area is 187 Å². The lowest BCUT2D eigenvalue weighted by molar-refractivity contribution is -0.133. The molecule has 8 heteroatoms. The van der Waals surface area contributed by atoms with Crippen LogP contribution in [-0.4, -0.2) is 38.1 Å². The summed E-state index contributed by atoms with van der Waals surface area (Å²) >= 11 is 0. The fourth-order valence-corrected chi connectivity index (χ4v) is 5.10. The standard InChI is InChI=1S/C24H33N5O3/c30-21-13-18(26-24-27-22(28-29(21)24)17-9-2-1-3-10-17)15-32-20-12-5-4-11-19(20)23(31)25-14-16-7-6-8-16/h1-2,13,16-17,19-20H,3-12,14-15H2,(H,25,31)(H,26,27,28). The van der Waals surface area contributed by atoms with E-state index in [1.54, 1.807) is 0 Å². The number of hydrogen-bond acceptors (Lipinski definition) is 5. The van der Waals surface area contributed by atoms with Crippen molar-refractivity contribution in [2.45, 2.75) is 82.8 Å². The van der Waals surface area contributed by atoms with Crippen LogP contribution in [0.15, 0.2) is 23.0 Å². The molecule has 2 heterocycles. The van der Waals surface area contributed by atoms with Gasteiger partial charge >= 0.3 is 0 Å². The predicted octanol–water partition coefficient (Wildman–Crippen LogP) is 3.23. The Balaban J connectivity index is 1.24. The van der Waals surface area contributed by atoms with E-state index in [1.807, 2.05) is 0 Å². The average Bonchev–Trinajstić information content (AvgIpc) is 3.22. The molecule has 5 rings (SSSR count). The number of aromatic amines is 1. The predicted molar refractivity (Wildman–Crippen MR) is 120 cm³/mol. The summed E-state index contributed by atoms with van der Waals surface area (Å²) in [6, 6.07) is 1.53. The molecule has 2 N–H and O–H groups in total. The molecule has 3 aliphatic rings. The maximum absolute atomic E-state index is 12.8. The molecule has 32 heavy (non-hydrogen) atoms. The van der Waals surface area contributed by atoms with Crippen molar-refractivity contribution in [1.82, 2.24) is 24.9 Å². The quantitative estimate of drug-likeness (QED) is 0.645. The number of ether oxygens (including phenoxy) is 1. The highest BCUT2D eigenvalue weighted by Gasteiger charge is 2.32. The van der Waals surface area contributed by atoms with Crippen LogP contribution in [-0.2, 0) is 16.1 Å². The average molecular weight is 440 g/mol. The summed E-state index contributed by atoms with van der Waals surface area (Å²) in [4.78, 5) is 33.2. The third-order valence-corrected chi connectivity index (χ3v) is 7.32.